The van der Waals surface area contributed by atoms with E-state index in [4.69, 9.17) is 0 Å². The van der Waals surface area contributed by atoms with Gasteiger partial charge in [-0.15, -0.1) is 0 Å². The Labute approximate surface area is 120 Å². The summed E-state index contributed by atoms with van der Waals surface area (Å²) < 4.78 is 0. The summed E-state index contributed by atoms with van der Waals surface area (Å²) in [5.41, 5.74) is 0.468. The SMILES string of the molecule is CNC1CCC(C(C)(C)C)CC1N1CCCCC1C. The summed E-state index contributed by atoms with van der Waals surface area (Å²) in [5.74, 6) is 0.885. The fourth-order valence-corrected chi connectivity index (χ4v) is 4.25. The van der Waals surface area contributed by atoms with Gasteiger partial charge in [-0.1, -0.05) is 27.2 Å². The smallest absolute Gasteiger partial charge is 0.0254 e. The van der Waals surface area contributed by atoms with E-state index in [-0.39, 0.29) is 0 Å². The van der Waals surface area contributed by atoms with Crippen molar-refractivity contribution in [1.82, 2.24) is 10.2 Å². The molecule has 0 aromatic heterocycles. The van der Waals surface area contributed by atoms with Crippen LogP contribution in [0, 0.1) is 11.3 Å². The standard InChI is InChI=1S/C17H34N2/c1-13-8-6-7-11-19(13)16-12-14(17(2,3)4)9-10-15(16)18-5/h13-16,18H,6-12H2,1-5H3. The average Bonchev–Trinajstić information content (AvgIpc) is 2.37. The molecule has 1 N–H and O–H groups in total. The first-order valence-corrected chi connectivity index (χ1v) is 8.36. The van der Waals surface area contributed by atoms with Crippen molar-refractivity contribution in [2.45, 2.75) is 84.3 Å². The molecule has 1 saturated heterocycles. The van der Waals surface area contributed by atoms with Gasteiger partial charge in [-0.3, -0.25) is 4.90 Å². The number of hydrogen-bond donors (Lipinski definition) is 1. The maximum Gasteiger partial charge on any atom is 0.0254 e. The quantitative estimate of drug-likeness (QED) is 0.820. The van der Waals surface area contributed by atoms with Crippen molar-refractivity contribution in [2.75, 3.05) is 13.6 Å². The van der Waals surface area contributed by atoms with Gasteiger partial charge in [0.1, 0.15) is 0 Å². The molecule has 1 heterocycles. The van der Waals surface area contributed by atoms with E-state index in [9.17, 15) is 0 Å². The lowest BCUT2D eigenvalue weighted by atomic mass is 9.69. The topological polar surface area (TPSA) is 15.3 Å². The van der Waals surface area contributed by atoms with E-state index in [1.54, 1.807) is 0 Å². The van der Waals surface area contributed by atoms with Gasteiger partial charge in [0.05, 0.1) is 0 Å². The monoisotopic (exact) mass is 266 g/mol. The fraction of sp³-hybridized carbons (Fsp3) is 1.00. The van der Waals surface area contributed by atoms with Crippen molar-refractivity contribution in [3.8, 4) is 0 Å². The lowest BCUT2D eigenvalue weighted by molar-refractivity contribution is 0.0229. The highest BCUT2D eigenvalue weighted by molar-refractivity contribution is 4.95. The number of rotatable bonds is 2. The Morgan fingerprint density at radius 2 is 1.79 bits per heavy atom. The zero-order valence-corrected chi connectivity index (χ0v) is 13.7. The summed E-state index contributed by atoms with van der Waals surface area (Å²) in [7, 11) is 2.16. The molecule has 1 aliphatic carbocycles. The van der Waals surface area contributed by atoms with Crippen LogP contribution >= 0.6 is 0 Å². The van der Waals surface area contributed by atoms with Crippen LogP contribution < -0.4 is 5.32 Å². The fourth-order valence-electron chi connectivity index (χ4n) is 4.25. The van der Waals surface area contributed by atoms with E-state index < -0.39 is 0 Å². The first kappa shape index (κ1) is 15.3. The molecule has 0 amide bonds. The van der Waals surface area contributed by atoms with Gasteiger partial charge < -0.3 is 5.32 Å². The lowest BCUT2D eigenvalue weighted by Gasteiger charge is -2.49. The number of hydrogen-bond acceptors (Lipinski definition) is 2. The van der Waals surface area contributed by atoms with Gasteiger partial charge in [-0.25, -0.2) is 0 Å². The molecule has 2 rings (SSSR count). The molecule has 2 aliphatic rings. The Hall–Kier alpha value is -0.0800. The highest BCUT2D eigenvalue weighted by Crippen LogP contribution is 2.40. The van der Waals surface area contributed by atoms with E-state index in [1.165, 1.54) is 45.1 Å². The second-order valence-corrected chi connectivity index (χ2v) is 7.92. The maximum atomic E-state index is 3.60. The van der Waals surface area contributed by atoms with Crippen LogP contribution in [0.4, 0.5) is 0 Å². The normalized spacial score (nSPS) is 38.4. The van der Waals surface area contributed by atoms with Crippen molar-refractivity contribution < 1.29 is 0 Å². The maximum absolute atomic E-state index is 3.60. The summed E-state index contributed by atoms with van der Waals surface area (Å²) in [4.78, 5) is 2.82. The first-order valence-electron chi connectivity index (χ1n) is 8.36. The highest BCUT2D eigenvalue weighted by Gasteiger charge is 2.39. The largest absolute Gasteiger partial charge is 0.315 e. The van der Waals surface area contributed by atoms with Crippen molar-refractivity contribution in [3.05, 3.63) is 0 Å². The number of nitrogens with zero attached hydrogens (tertiary/aromatic N) is 1. The summed E-state index contributed by atoms with van der Waals surface area (Å²) in [6, 6.07) is 2.26. The Morgan fingerprint density at radius 1 is 1.05 bits per heavy atom. The summed E-state index contributed by atoms with van der Waals surface area (Å²) in [6.07, 6.45) is 8.36. The molecule has 0 bridgehead atoms. The third kappa shape index (κ3) is 3.52. The molecule has 1 aliphatic heterocycles. The number of likely N-dealkylation sites (tertiary alicyclic amines) is 1. The zero-order valence-electron chi connectivity index (χ0n) is 13.7. The lowest BCUT2D eigenvalue weighted by Crippen LogP contribution is -2.57. The van der Waals surface area contributed by atoms with Crippen LogP contribution in [0.15, 0.2) is 0 Å². The van der Waals surface area contributed by atoms with E-state index in [2.05, 4.69) is 45.0 Å². The Morgan fingerprint density at radius 3 is 2.37 bits per heavy atom. The summed E-state index contributed by atoms with van der Waals surface area (Å²) >= 11 is 0. The average molecular weight is 266 g/mol. The molecule has 0 aromatic rings. The van der Waals surface area contributed by atoms with Crippen molar-refractivity contribution in [1.29, 1.82) is 0 Å². The van der Waals surface area contributed by atoms with Crippen LogP contribution in [0.3, 0.4) is 0 Å². The second kappa shape index (κ2) is 6.13. The van der Waals surface area contributed by atoms with Gasteiger partial charge in [0.25, 0.3) is 0 Å². The third-order valence-electron chi connectivity index (χ3n) is 5.69. The first-order chi connectivity index (χ1) is 8.93. The van der Waals surface area contributed by atoms with Crippen LogP contribution in [0.2, 0.25) is 0 Å². The van der Waals surface area contributed by atoms with Crippen LogP contribution in [-0.2, 0) is 0 Å². The minimum Gasteiger partial charge on any atom is -0.315 e. The molecule has 0 spiro atoms. The van der Waals surface area contributed by atoms with Crippen molar-refractivity contribution in [3.63, 3.8) is 0 Å². The molecule has 2 nitrogen and oxygen atoms in total. The minimum absolute atomic E-state index is 0.468. The molecular formula is C17H34N2. The molecule has 19 heavy (non-hydrogen) atoms. The molecule has 0 aromatic carbocycles. The van der Waals surface area contributed by atoms with E-state index in [0.717, 1.165) is 18.0 Å². The molecular weight excluding hydrogens is 232 g/mol. The molecule has 2 fully saturated rings. The second-order valence-electron chi connectivity index (χ2n) is 7.92. The minimum atomic E-state index is 0.468. The van der Waals surface area contributed by atoms with E-state index in [1.807, 2.05) is 0 Å². The number of nitrogens with one attached hydrogen (secondary N) is 1. The van der Waals surface area contributed by atoms with Gasteiger partial charge in [0.15, 0.2) is 0 Å². The summed E-state index contributed by atoms with van der Waals surface area (Å²) in [6.45, 7) is 11.0. The highest BCUT2D eigenvalue weighted by atomic mass is 15.2. The Bertz CT molecular complexity index is 281. The molecule has 112 valence electrons. The van der Waals surface area contributed by atoms with Crippen molar-refractivity contribution in [2.24, 2.45) is 11.3 Å². The van der Waals surface area contributed by atoms with Gasteiger partial charge in [-0.05, 0) is 64.0 Å². The van der Waals surface area contributed by atoms with Gasteiger partial charge in [-0.2, -0.15) is 0 Å². The van der Waals surface area contributed by atoms with Crippen molar-refractivity contribution >= 4 is 0 Å². The molecule has 1 saturated carbocycles. The zero-order chi connectivity index (χ0) is 14.0. The summed E-state index contributed by atoms with van der Waals surface area (Å²) in [5, 5.41) is 3.60. The predicted octanol–water partition coefficient (Wildman–Crippen LogP) is 3.66. The third-order valence-corrected chi connectivity index (χ3v) is 5.69. The van der Waals surface area contributed by atoms with E-state index >= 15 is 0 Å². The molecule has 2 heteroatoms. The Balaban J connectivity index is 2.09. The van der Waals surface area contributed by atoms with Gasteiger partial charge >= 0.3 is 0 Å². The van der Waals surface area contributed by atoms with Gasteiger partial charge in [0.2, 0.25) is 0 Å². The molecule has 4 unspecified atom stereocenters. The molecule has 0 radical (unpaired) electrons. The van der Waals surface area contributed by atoms with Crippen LogP contribution in [0.25, 0.3) is 0 Å². The van der Waals surface area contributed by atoms with Crippen LogP contribution in [-0.4, -0.2) is 36.6 Å². The van der Waals surface area contributed by atoms with Gasteiger partial charge in [0, 0.05) is 18.1 Å². The Kier molecular flexibility index (Phi) is 4.94. The van der Waals surface area contributed by atoms with Crippen LogP contribution in [0.1, 0.15) is 66.2 Å². The molecule has 4 atom stereocenters. The van der Waals surface area contributed by atoms with Crippen LogP contribution in [0.5, 0.6) is 0 Å². The predicted molar refractivity (Wildman–Crippen MR) is 83.5 cm³/mol. The number of piperidine rings is 1. The van der Waals surface area contributed by atoms with E-state index in [0.29, 0.717) is 11.5 Å². The number of likely N-dealkylation sites (N-methyl/N-ethyl adjacent to an activating group) is 1.